The molecule has 0 aliphatic rings. The first kappa shape index (κ1) is 109. The molecule has 1 aromatic carbocycles. The van der Waals surface area contributed by atoms with E-state index in [0.29, 0.717) is 65.8 Å². The summed E-state index contributed by atoms with van der Waals surface area (Å²) in [7, 11) is 1.69. The summed E-state index contributed by atoms with van der Waals surface area (Å²) in [5.74, 6) is 0.225. The molecule has 2 heterocycles. The lowest BCUT2D eigenvalue weighted by molar-refractivity contribution is -0.132. The van der Waals surface area contributed by atoms with Crippen molar-refractivity contribution in [2.24, 2.45) is 60.6 Å². The number of hydrogen-bond donors (Lipinski definition) is 0. The Morgan fingerprint density at radius 3 is 0.686 bits per heavy atom. The lowest BCUT2D eigenvalue weighted by Gasteiger charge is -2.19. The SMILES string of the molecule is C=CCn1c(=O)n(CC=C)c(=O)n(CCCC(C)(C)C)c1=O.C=CCn1c(=O)n(CC=C)c(=O)n(CCCC(C)(C)C)c1=O.CC(=O)C(CCCC(C)(C)C)C(C)=O.CC(=O)C(CCCC(C)(C)C)C(C)=O.CC(C)(C)C.CC(C)(C)C.CC(C)(C)C.CC(C)(C)C.COc1ccc(CC(C)(C)C)cc1. The smallest absolute Gasteiger partial charge is 0.336 e. The normalized spacial score (nSPS) is 11.6. The third-order valence-corrected chi connectivity index (χ3v) is 13.3. The third kappa shape index (κ3) is 67.8. The number of allylic oxidation sites excluding steroid dienone is 4. The first-order valence-electron chi connectivity index (χ1n) is 37.9. The van der Waals surface area contributed by atoms with Crippen LogP contribution in [0.25, 0.3) is 0 Å². The second-order valence-electron chi connectivity index (χ2n) is 40.0. The van der Waals surface area contributed by atoms with Gasteiger partial charge in [-0.1, -0.05) is 264 Å². The lowest BCUT2D eigenvalue weighted by atomic mass is 9.86. The van der Waals surface area contributed by atoms with E-state index in [2.05, 4.69) is 253 Å². The summed E-state index contributed by atoms with van der Waals surface area (Å²) in [5, 5.41) is 0. The number of methoxy groups -OCH3 is 1. The van der Waals surface area contributed by atoms with E-state index in [-0.39, 0.29) is 82.8 Å². The van der Waals surface area contributed by atoms with Gasteiger partial charge < -0.3 is 4.74 Å². The molecule has 0 atom stereocenters. The van der Waals surface area contributed by atoms with Gasteiger partial charge in [0.25, 0.3) is 0 Å². The van der Waals surface area contributed by atoms with Gasteiger partial charge in [0.15, 0.2) is 0 Å². The van der Waals surface area contributed by atoms with E-state index >= 15 is 0 Å². The maximum atomic E-state index is 12.4. The molecule has 17 heteroatoms. The molecular formula is C88H160N6O11. The Morgan fingerprint density at radius 1 is 0.333 bits per heavy atom. The van der Waals surface area contributed by atoms with Crippen LogP contribution < -0.4 is 38.9 Å². The van der Waals surface area contributed by atoms with E-state index < -0.39 is 34.1 Å². The molecule has 105 heavy (non-hydrogen) atoms. The number of rotatable bonds is 26. The van der Waals surface area contributed by atoms with E-state index in [1.165, 1.54) is 57.6 Å². The van der Waals surface area contributed by atoms with Gasteiger partial charge in [0.05, 0.1) is 45.1 Å². The van der Waals surface area contributed by atoms with Crippen LogP contribution >= 0.6 is 0 Å². The molecule has 0 spiro atoms. The second-order valence-corrected chi connectivity index (χ2v) is 40.0. The van der Waals surface area contributed by atoms with E-state index in [1.807, 2.05) is 12.1 Å². The highest BCUT2D eigenvalue weighted by atomic mass is 16.5. The largest absolute Gasteiger partial charge is 0.497 e. The number of ether oxygens (including phenoxy) is 1. The zero-order chi connectivity index (χ0) is 84.4. The Morgan fingerprint density at radius 2 is 0.524 bits per heavy atom. The number of carbonyl (C=O) groups excluding carboxylic acids is 4. The van der Waals surface area contributed by atoms with E-state index in [0.717, 1.165) is 78.1 Å². The van der Waals surface area contributed by atoms with Gasteiger partial charge in [0, 0.05) is 13.1 Å². The molecule has 0 unspecified atom stereocenters. The Balaban J connectivity index is -0.000000276. The molecule has 608 valence electrons. The van der Waals surface area contributed by atoms with Crippen molar-refractivity contribution < 1.29 is 23.9 Å². The molecule has 0 amide bonds. The first-order valence-corrected chi connectivity index (χ1v) is 37.9. The molecule has 2 aromatic heterocycles. The number of nitrogens with zero attached hydrogens (tertiary/aromatic N) is 6. The van der Waals surface area contributed by atoms with Crippen LogP contribution in [-0.2, 0) is 64.9 Å². The fourth-order valence-corrected chi connectivity index (χ4v) is 8.84. The lowest BCUT2D eigenvalue weighted by Crippen LogP contribution is -2.54. The molecule has 0 N–H and O–H groups in total. The molecule has 0 saturated carbocycles. The molecule has 0 saturated heterocycles. The van der Waals surface area contributed by atoms with Crippen LogP contribution in [0.3, 0.4) is 0 Å². The summed E-state index contributed by atoms with van der Waals surface area (Å²) in [5.41, 5.74) is 0.988. The predicted molar refractivity (Wildman–Crippen MR) is 450 cm³/mol. The van der Waals surface area contributed by atoms with Crippen LogP contribution in [0, 0.1) is 60.6 Å². The Labute approximate surface area is 640 Å². The molecular weight excluding hydrogens is 1320 g/mol. The predicted octanol–water partition coefficient (Wildman–Crippen LogP) is 20.2. The van der Waals surface area contributed by atoms with Gasteiger partial charge in [-0.2, -0.15) is 0 Å². The highest BCUT2D eigenvalue weighted by molar-refractivity contribution is 6.00. The highest BCUT2D eigenvalue weighted by Crippen LogP contribution is 2.26. The van der Waals surface area contributed by atoms with Gasteiger partial charge in [0.1, 0.15) is 28.9 Å². The van der Waals surface area contributed by atoms with E-state index in [4.69, 9.17) is 4.74 Å². The van der Waals surface area contributed by atoms with Crippen LogP contribution in [0.4, 0.5) is 0 Å². The summed E-state index contributed by atoms with van der Waals surface area (Å²) in [6.07, 6.45) is 15.5. The zero-order valence-electron chi connectivity index (χ0n) is 74.3. The maximum absolute atomic E-state index is 12.4. The quantitative estimate of drug-likeness (QED) is 0.0545. The average molecular weight is 1480 g/mol. The van der Waals surface area contributed by atoms with Crippen LogP contribution in [0.1, 0.15) is 312 Å². The molecule has 3 aromatic rings. The molecule has 0 aliphatic carbocycles. The summed E-state index contributed by atoms with van der Waals surface area (Å²) < 4.78 is 11.4. The third-order valence-electron chi connectivity index (χ3n) is 13.3. The van der Waals surface area contributed by atoms with Crippen molar-refractivity contribution in [3.63, 3.8) is 0 Å². The van der Waals surface area contributed by atoms with Crippen LogP contribution in [0.15, 0.2) is 104 Å². The van der Waals surface area contributed by atoms with Crippen molar-refractivity contribution in [1.29, 1.82) is 0 Å². The number of benzene rings is 1. The highest BCUT2D eigenvalue weighted by Gasteiger charge is 2.23. The minimum Gasteiger partial charge on any atom is -0.497 e. The number of ketones is 4. The minimum absolute atomic E-state index is 0.00593. The first-order chi connectivity index (χ1) is 46.9. The molecule has 3 rings (SSSR count). The number of Topliss-reactive ketones (excluding diaryl/α,β-unsaturated/α-hetero) is 4. The molecule has 17 nitrogen and oxygen atoms in total. The van der Waals surface area contributed by atoms with Crippen molar-refractivity contribution in [3.8, 4) is 5.75 Å². The monoisotopic (exact) mass is 1480 g/mol. The summed E-state index contributed by atoms with van der Waals surface area (Å²) in [6.45, 7) is 88.5. The zero-order valence-corrected chi connectivity index (χ0v) is 74.3. The van der Waals surface area contributed by atoms with Gasteiger partial charge in [-0.05, 0) is 152 Å². The minimum atomic E-state index is -0.623. The second kappa shape index (κ2) is 50.9. The van der Waals surface area contributed by atoms with Gasteiger partial charge in [0.2, 0.25) is 0 Å². The fourth-order valence-electron chi connectivity index (χ4n) is 8.84. The molecule has 0 bridgehead atoms. The van der Waals surface area contributed by atoms with Gasteiger partial charge in [-0.15, -0.1) is 26.3 Å². The molecule has 0 fully saturated rings. The maximum Gasteiger partial charge on any atom is 0.336 e. The fraction of sp³-hybridized carbons (Fsp3) is 0.727. The molecule has 0 aliphatic heterocycles. The number of aromatic nitrogens is 6. The Hall–Kier alpha value is -6.52. The average Bonchev–Trinajstić information content (AvgIpc) is 0.794. The van der Waals surface area contributed by atoms with Gasteiger partial charge in [-0.25, -0.2) is 56.2 Å². The van der Waals surface area contributed by atoms with Crippen LogP contribution in [0.5, 0.6) is 5.75 Å². The standard InChI is InChI=1S/2C16H25N3O3.2C12H22O2.C12H18O.4C5H12/c2*1-6-10-17-13(20)18(11-7-2)15(22)19(14(17)21)12-8-9-16(3,4)5;2*1-9(13)11(10(2)14)7-6-8-12(3,4)5;1-12(2,3)9-10-5-7-11(13-4)8-6-10;4*1-5(2,3)4/h2*6-7H,1-2,8-12H2,3-5H3;2*11H,6-8H2,1-5H3;5-8H,9H2,1-4H3;4*1-4H3. The Kier molecular flexibility index (Phi) is 53.1. The van der Waals surface area contributed by atoms with Crippen molar-refractivity contribution in [3.05, 3.63) is 143 Å². The van der Waals surface area contributed by atoms with Crippen molar-refractivity contribution >= 4 is 23.1 Å². The summed E-state index contributed by atoms with van der Waals surface area (Å²) in [4.78, 5) is 118. The Bertz CT molecular complexity index is 3040. The number of hydrogen-bond acceptors (Lipinski definition) is 11. The van der Waals surface area contributed by atoms with Crippen molar-refractivity contribution in [1.82, 2.24) is 27.4 Å². The van der Waals surface area contributed by atoms with Crippen LogP contribution in [-0.4, -0.2) is 57.6 Å². The molecule has 0 radical (unpaired) electrons. The summed E-state index contributed by atoms with van der Waals surface area (Å²) in [6, 6.07) is 8.29. The van der Waals surface area contributed by atoms with E-state index in [1.54, 1.807) is 7.11 Å². The van der Waals surface area contributed by atoms with Crippen molar-refractivity contribution in [2.45, 2.75) is 352 Å². The van der Waals surface area contributed by atoms with Crippen LogP contribution in [0.2, 0.25) is 0 Å². The number of carbonyl (C=O) groups is 4. The van der Waals surface area contributed by atoms with Gasteiger partial charge >= 0.3 is 34.1 Å². The summed E-state index contributed by atoms with van der Waals surface area (Å²) >= 11 is 0. The van der Waals surface area contributed by atoms with Gasteiger partial charge in [-0.3, -0.25) is 19.2 Å². The topological polar surface area (TPSA) is 210 Å². The van der Waals surface area contributed by atoms with E-state index in [9.17, 15) is 47.9 Å². The van der Waals surface area contributed by atoms with Crippen molar-refractivity contribution in [2.75, 3.05) is 7.11 Å².